The smallest absolute Gasteiger partial charge is 0.262 e. The van der Waals surface area contributed by atoms with Gasteiger partial charge >= 0.3 is 0 Å². The van der Waals surface area contributed by atoms with Crippen LogP contribution < -0.4 is 11.3 Å². The Morgan fingerprint density at radius 1 is 1.10 bits per heavy atom. The van der Waals surface area contributed by atoms with Crippen LogP contribution in [-0.4, -0.2) is 15.5 Å². The molecule has 2 N–H and O–H groups in total. The Morgan fingerprint density at radius 2 is 1.87 bits per heavy atom. The van der Waals surface area contributed by atoms with Crippen molar-refractivity contribution in [2.24, 2.45) is 5.73 Å². The van der Waals surface area contributed by atoms with E-state index in [1.165, 1.54) is 11.8 Å². The van der Waals surface area contributed by atoms with E-state index in [-0.39, 0.29) is 11.6 Å². The van der Waals surface area contributed by atoms with Crippen LogP contribution in [0.1, 0.15) is 34.5 Å². The Labute approximate surface area is 192 Å². The van der Waals surface area contributed by atoms with Crippen molar-refractivity contribution in [2.45, 2.75) is 23.9 Å². The fourth-order valence-corrected chi connectivity index (χ4v) is 4.82. The Balaban J connectivity index is 1.79. The number of benzene rings is 3. The van der Waals surface area contributed by atoms with Gasteiger partial charge in [-0.25, -0.2) is 4.98 Å². The standard InChI is InChI=1S/C24H20BrN3O2S/c1-15(17-7-3-2-4-8-17)28-23(30)20-13-19(25)10-11-21(20)27-24(28)31-14-16-6-5-9-18(12-16)22(26)29/h2-13,15H,14H2,1H3,(H2,26,29). The molecule has 1 atom stereocenters. The van der Waals surface area contributed by atoms with Crippen LogP contribution in [0.4, 0.5) is 0 Å². The first kappa shape index (κ1) is 21.3. The highest BCUT2D eigenvalue weighted by atomic mass is 79.9. The number of nitrogens with zero attached hydrogens (tertiary/aromatic N) is 2. The van der Waals surface area contributed by atoms with Crippen LogP contribution in [-0.2, 0) is 5.75 Å². The van der Waals surface area contributed by atoms with Crippen LogP contribution in [0.5, 0.6) is 0 Å². The maximum atomic E-state index is 13.5. The summed E-state index contributed by atoms with van der Waals surface area (Å²) < 4.78 is 2.58. The average molecular weight is 494 g/mol. The molecular formula is C24H20BrN3O2S. The van der Waals surface area contributed by atoms with E-state index in [4.69, 9.17) is 10.7 Å². The van der Waals surface area contributed by atoms with Crippen LogP contribution in [0.3, 0.4) is 0 Å². The third-order valence-electron chi connectivity index (χ3n) is 5.08. The monoisotopic (exact) mass is 493 g/mol. The van der Waals surface area contributed by atoms with Crippen molar-refractivity contribution in [2.75, 3.05) is 0 Å². The van der Waals surface area contributed by atoms with Crippen LogP contribution >= 0.6 is 27.7 Å². The zero-order chi connectivity index (χ0) is 22.0. The van der Waals surface area contributed by atoms with Crippen molar-refractivity contribution in [3.63, 3.8) is 0 Å². The van der Waals surface area contributed by atoms with Crippen molar-refractivity contribution < 1.29 is 4.79 Å². The van der Waals surface area contributed by atoms with E-state index in [2.05, 4.69) is 15.9 Å². The molecule has 156 valence electrons. The number of halogens is 1. The number of amides is 1. The third-order valence-corrected chi connectivity index (χ3v) is 6.60. The summed E-state index contributed by atoms with van der Waals surface area (Å²) in [5.74, 6) is 0.0905. The van der Waals surface area contributed by atoms with E-state index in [1.54, 1.807) is 22.8 Å². The molecule has 0 radical (unpaired) electrons. The second-order valence-corrected chi connectivity index (χ2v) is 9.03. The van der Waals surface area contributed by atoms with Crippen molar-refractivity contribution in [1.29, 1.82) is 0 Å². The van der Waals surface area contributed by atoms with E-state index >= 15 is 0 Å². The Morgan fingerprint density at radius 3 is 2.61 bits per heavy atom. The molecule has 0 saturated carbocycles. The van der Waals surface area contributed by atoms with Crippen LogP contribution in [0.25, 0.3) is 10.9 Å². The lowest BCUT2D eigenvalue weighted by Crippen LogP contribution is -2.27. The third kappa shape index (κ3) is 4.57. The van der Waals surface area contributed by atoms with E-state index < -0.39 is 5.91 Å². The predicted octanol–water partition coefficient (Wildman–Crippen LogP) is 5.16. The number of fused-ring (bicyclic) bond motifs is 1. The highest BCUT2D eigenvalue weighted by Crippen LogP contribution is 2.28. The van der Waals surface area contributed by atoms with E-state index in [1.807, 2.05) is 61.5 Å². The van der Waals surface area contributed by atoms with Crippen LogP contribution in [0.2, 0.25) is 0 Å². The number of rotatable bonds is 6. The first-order chi connectivity index (χ1) is 14.9. The number of primary amides is 1. The number of aromatic nitrogens is 2. The van der Waals surface area contributed by atoms with Crippen molar-refractivity contribution in [3.05, 3.63) is 104 Å². The minimum Gasteiger partial charge on any atom is -0.366 e. The first-order valence-corrected chi connectivity index (χ1v) is 11.5. The van der Waals surface area contributed by atoms with Crippen molar-refractivity contribution in [1.82, 2.24) is 9.55 Å². The SMILES string of the molecule is CC(c1ccccc1)n1c(SCc2cccc(C(N)=O)c2)nc2ccc(Br)cc2c1=O. The number of hydrogen-bond acceptors (Lipinski definition) is 4. The summed E-state index contributed by atoms with van der Waals surface area (Å²) in [6, 6.07) is 22.4. The van der Waals surface area contributed by atoms with Gasteiger partial charge in [0.25, 0.3) is 5.56 Å². The van der Waals surface area contributed by atoms with Gasteiger partial charge in [0, 0.05) is 15.8 Å². The molecule has 1 heterocycles. The van der Waals surface area contributed by atoms with Gasteiger partial charge < -0.3 is 5.73 Å². The maximum Gasteiger partial charge on any atom is 0.262 e. The molecule has 0 aliphatic heterocycles. The fraction of sp³-hybridized carbons (Fsp3) is 0.125. The van der Waals surface area contributed by atoms with Crippen molar-refractivity contribution in [3.8, 4) is 0 Å². The number of carbonyl (C=O) groups is 1. The lowest BCUT2D eigenvalue weighted by atomic mass is 10.1. The minimum absolute atomic E-state index is 0.0870. The van der Waals surface area contributed by atoms with Gasteiger partial charge in [-0.05, 0) is 48.4 Å². The summed E-state index contributed by atoms with van der Waals surface area (Å²) in [5.41, 5.74) is 8.39. The molecule has 31 heavy (non-hydrogen) atoms. The quantitative estimate of drug-likeness (QED) is 0.297. The number of thioether (sulfide) groups is 1. The molecule has 1 unspecified atom stereocenters. The molecule has 0 spiro atoms. The molecule has 4 aromatic rings. The summed E-state index contributed by atoms with van der Waals surface area (Å²) in [4.78, 5) is 29.8. The summed E-state index contributed by atoms with van der Waals surface area (Å²) in [6.07, 6.45) is 0. The molecule has 0 saturated heterocycles. The van der Waals surface area contributed by atoms with Gasteiger partial charge in [-0.3, -0.25) is 14.2 Å². The molecule has 0 fully saturated rings. The van der Waals surface area contributed by atoms with E-state index in [0.717, 1.165) is 15.6 Å². The Bertz CT molecular complexity index is 1320. The predicted molar refractivity (Wildman–Crippen MR) is 128 cm³/mol. The molecule has 0 bridgehead atoms. The summed E-state index contributed by atoms with van der Waals surface area (Å²) >= 11 is 4.92. The van der Waals surface area contributed by atoms with E-state index in [9.17, 15) is 9.59 Å². The summed E-state index contributed by atoms with van der Waals surface area (Å²) in [5, 5.41) is 1.19. The van der Waals surface area contributed by atoms with Gasteiger partial charge in [-0.15, -0.1) is 0 Å². The normalized spacial score (nSPS) is 12.1. The van der Waals surface area contributed by atoms with Crippen LogP contribution in [0, 0.1) is 0 Å². The van der Waals surface area contributed by atoms with Gasteiger partial charge in [0.1, 0.15) is 0 Å². The summed E-state index contributed by atoms with van der Waals surface area (Å²) in [7, 11) is 0. The second kappa shape index (κ2) is 9.08. The lowest BCUT2D eigenvalue weighted by molar-refractivity contribution is 0.1000. The number of carbonyl (C=O) groups excluding carboxylic acids is 1. The second-order valence-electron chi connectivity index (χ2n) is 7.17. The zero-order valence-corrected chi connectivity index (χ0v) is 19.2. The molecule has 4 rings (SSSR count). The molecule has 3 aromatic carbocycles. The van der Waals surface area contributed by atoms with Gasteiger partial charge in [-0.2, -0.15) is 0 Å². The van der Waals surface area contributed by atoms with Gasteiger partial charge in [0.15, 0.2) is 5.16 Å². The average Bonchev–Trinajstić information content (AvgIpc) is 2.78. The van der Waals surface area contributed by atoms with E-state index in [0.29, 0.717) is 27.4 Å². The molecule has 0 aliphatic carbocycles. The highest BCUT2D eigenvalue weighted by Gasteiger charge is 2.18. The molecule has 7 heteroatoms. The van der Waals surface area contributed by atoms with Crippen LogP contribution in [0.15, 0.2) is 87.2 Å². The first-order valence-electron chi connectivity index (χ1n) is 9.72. The molecule has 1 aromatic heterocycles. The lowest BCUT2D eigenvalue weighted by Gasteiger charge is -2.20. The molecule has 1 amide bonds. The highest BCUT2D eigenvalue weighted by molar-refractivity contribution is 9.10. The largest absolute Gasteiger partial charge is 0.366 e. The zero-order valence-electron chi connectivity index (χ0n) is 16.8. The molecular weight excluding hydrogens is 474 g/mol. The number of nitrogens with two attached hydrogens (primary N) is 1. The fourth-order valence-electron chi connectivity index (χ4n) is 3.44. The molecule has 5 nitrogen and oxygen atoms in total. The summed E-state index contributed by atoms with van der Waals surface area (Å²) in [6.45, 7) is 2.00. The van der Waals surface area contributed by atoms with Crippen molar-refractivity contribution >= 4 is 44.5 Å². The number of hydrogen-bond donors (Lipinski definition) is 1. The Kier molecular flexibility index (Phi) is 6.25. The minimum atomic E-state index is -0.462. The Hall–Kier alpha value is -2.90. The maximum absolute atomic E-state index is 13.5. The molecule has 0 aliphatic rings. The topological polar surface area (TPSA) is 78.0 Å². The van der Waals surface area contributed by atoms with Gasteiger partial charge in [0.05, 0.1) is 16.9 Å². The van der Waals surface area contributed by atoms with Gasteiger partial charge in [-0.1, -0.05) is 70.2 Å². The van der Waals surface area contributed by atoms with Gasteiger partial charge in [0.2, 0.25) is 5.91 Å².